The Morgan fingerprint density at radius 2 is 2.24 bits per heavy atom. The zero-order valence-corrected chi connectivity index (χ0v) is 11.4. The molecule has 0 bridgehead atoms. The fraction of sp³-hybridized carbons (Fsp3) is 0.571. The molecule has 1 aromatic carbocycles. The third kappa shape index (κ3) is 3.17. The van der Waals surface area contributed by atoms with Crippen LogP contribution < -0.4 is 5.32 Å². The minimum absolute atomic E-state index is 0.404. The van der Waals surface area contributed by atoms with E-state index in [-0.39, 0.29) is 0 Å². The number of aromatic hydroxyl groups is 1. The van der Waals surface area contributed by atoms with Crippen LogP contribution in [0, 0.1) is 6.92 Å². The monoisotopic (exact) mass is 251 g/mol. The van der Waals surface area contributed by atoms with Crippen molar-refractivity contribution in [2.45, 2.75) is 44.0 Å². The van der Waals surface area contributed by atoms with Crippen LogP contribution in [0.4, 0.5) is 0 Å². The SMILES string of the molecule is CSC1CCCC1NCc1cc(C)ccc1O. The van der Waals surface area contributed by atoms with E-state index in [1.165, 1.54) is 24.8 Å². The summed E-state index contributed by atoms with van der Waals surface area (Å²) >= 11 is 1.96. The predicted molar refractivity (Wildman–Crippen MR) is 74.6 cm³/mol. The number of nitrogens with one attached hydrogen (secondary N) is 1. The largest absolute Gasteiger partial charge is 0.508 e. The molecule has 3 heteroatoms. The normalized spacial score (nSPS) is 24.1. The lowest BCUT2D eigenvalue weighted by molar-refractivity contribution is 0.457. The molecule has 2 rings (SSSR count). The summed E-state index contributed by atoms with van der Waals surface area (Å²) in [6, 6.07) is 6.39. The minimum atomic E-state index is 0.404. The Labute approximate surface area is 108 Å². The molecule has 2 N–H and O–H groups in total. The van der Waals surface area contributed by atoms with Crippen molar-refractivity contribution in [2.24, 2.45) is 0 Å². The van der Waals surface area contributed by atoms with Crippen molar-refractivity contribution in [1.29, 1.82) is 0 Å². The van der Waals surface area contributed by atoms with E-state index in [0.29, 0.717) is 11.8 Å². The Morgan fingerprint density at radius 3 is 3.00 bits per heavy atom. The fourth-order valence-corrected chi connectivity index (χ4v) is 3.50. The maximum Gasteiger partial charge on any atom is 0.120 e. The van der Waals surface area contributed by atoms with Gasteiger partial charge >= 0.3 is 0 Å². The van der Waals surface area contributed by atoms with Crippen LogP contribution in [-0.4, -0.2) is 22.7 Å². The van der Waals surface area contributed by atoms with Crippen LogP contribution in [-0.2, 0) is 6.54 Å². The number of aryl methyl sites for hydroxylation is 1. The van der Waals surface area contributed by atoms with Gasteiger partial charge in [0.2, 0.25) is 0 Å². The highest BCUT2D eigenvalue weighted by molar-refractivity contribution is 7.99. The summed E-state index contributed by atoms with van der Waals surface area (Å²) in [5.74, 6) is 0.404. The molecule has 1 aromatic rings. The highest BCUT2D eigenvalue weighted by atomic mass is 32.2. The van der Waals surface area contributed by atoms with E-state index in [4.69, 9.17) is 0 Å². The molecule has 1 aliphatic carbocycles. The van der Waals surface area contributed by atoms with Crippen molar-refractivity contribution in [1.82, 2.24) is 5.32 Å². The number of phenolic OH excluding ortho intramolecular Hbond substituents is 1. The standard InChI is InChI=1S/C14H21NOS/c1-10-6-7-13(16)11(8-10)9-15-12-4-3-5-14(12)17-2/h6-8,12,14-16H,3-5,9H2,1-2H3. The van der Waals surface area contributed by atoms with Crippen LogP contribution in [0.5, 0.6) is 5.75 Å². The second-order valence-corrected chi connectivity index (χ2v) is 5.90. The second-order valence-electron chi connectivity index (χ2n) is 4.82. The first kappa shape index (κ1) is 12.8. The van der Waals surface area contributed by atoms with E-state index in [0.717, 1.165) is 17.4 Å². The first-order chi connectivity index (χ1) is 8.20. The number of benzene rings is 1. The average molecular weight is 251 g/mol. The van der Waals surface area contributed by atoms with Crippen LogP contribution in [0.15, 0.2) is 18.2 Å². The molecule has 2 unspecified atom stereocenters. The van der Waals surface area contributed by atoms with Gasteiger partial charge in [0, 0.05) is 23.4 Å². The van der Waals surface area contributed by atoms with Crippen molar-refractivity contribution in [3.63, 3.8) is 0 Å². The lowest BCUT2D eigenvalue weighted by Gasteiger charge is -2.19. The van der Waals surface area contributed by atoms with Crippen LogP contribution in [0.25, 0.3) is 0 Å². The summed E-state index contributed by atoms with van der Waals surface area (Å²) < 4.78 is 0. The van der Waals surface area contributed by atoms with Gasteiger partial charge in [0.15, 0.2) is 0 Å². The Balaban J connectivity index is 1.95. The highest BCUT2D eigenvalue weighted by Crippen LogP contribution is 2.29. The molecule has 94 valence electrons. The van der Waals surface area contributed by atoms with E-state index in [9.17, 15) is 5.11 Å². The molecule has 0 saturated heterocycles. The molecule has 1 fully saturated rings. The minimum Gasteiger partial charge on any atom is -0.508 e. The molecule has 0 heterocycles. The first-order valence-corrected chi connectivity index (χ1v) is 7.54. The molecule has 1 aliphatic rings. The summed E-state index contributed by atoms with van der Waals surface area (Å²) in [5, 5.41) is 14.1. The number of hydrogen-bond donors (Lipinski definition) is 2. The molecule has 0 aliphatic heterocycles. The molecule has 0 amide bonds. The van der Waals surface area contributed by atoms with Crippen LogP contribution >= 0.6 is 11.8 Å². The number of rotatable bonds is 4. The van der Waals surface area contributed by atoms with Crippen molar-refractivity contribution < 1.29 is 5.11 Å². The Kier molecular flexibility index (Phi) is 4.35. The Hall–Kier alpha value is -0.670. The van der Waals surface area contributed by atoms with E-state index in [1.54, 1.807) is 6.07 Å². The number of hydrogen-bond acceptors (Lipinski definition) is 3. The van der Waals surface area contributed by atoms with E-state index >= 15 is 0 Å². The fourth-order valence-electron chi connectivity index (χ4n) is 2.54. The zero-order chi connectivity index (χ0) is 12.3. The summed E-state index contributed by atoms with van der Waals surface area (Å²) in [7, 11) is 0. The molecule has 1 saturated carbocycles. The van der Waals surface area contributed by atoms with Gasteiger partial charge < -0.3 is 10.4 Å². The number of thioether (sulfide) groups is 1. The van der Waals surface area contributed by atoms with Crippen LogP contribution in [0.1, 0.15) is 30.4 Å². The maximum absolute atomic E-state index is 9.79. The van der Waals surface area contributed by atoms with Crippen LogP contribution in [0.3, 0.4) is 0 Å². The molecule has 0 aromatic heterocycles. The predicted octanol–water partition coefficient (Wildman–Crippen LogP) is 3.07. The quantitative estimate of drug-likeness (QED) is 0.862. The lowest BCUT2D eigenvalue weighted by atomic mass is 10.1. The van der Waals surface area contributed by atoms with Gasteiger partial charge in [0.05, 0.1) is 0 Å². The van der Waals surface area contributed by atoms with Gasteiger partial charge in [-0.2, -0.15) is 11.8 Å². The van der Waals surface area contributed by atoms with Crippen molar-refractivity contribution in [2.75, 3.05) is 6.26 Å². The Bertz CT molecular complexity index is 380. The van der Waals surface area contributed by atoms with Gasteiger partial charge in [-0.05, 0) is 32.1 Å². The number of phenols is 1. The van der Waals surface area contributed by atoms with Gasteiger partial charge in [-0.3, -0.25) is 0 Å². The molecule has 0 radical (unpaired) electrons. The van der Waals surface area contributed by atoms with Gasteiger partial charge in [0.25, 0.3) is 0 Å². The van der Waals surface area contributed by atoms with Crippen molar-refractivity contribution >= 4 is 11.8 Å². The summed E-state index contributed by atoms with van der Waals surface area (Å²) in [6.07, 6.45) is 6.09. The maximum atomic E-state index is 9.79. The highest BCUT2D eigenvalue weighted by Gasteiger charge is 2.25. The third-order valence-electron chi connectivity index (χ3n) is 3.55. The third-order valence-corrected chi connectivity index (χ3v) is 4.71. The zero-order valence-electron chi connectivity index (χ0n) is 10.6. The first-order valence-electron chi connectivity index (χ1n) is 6.25. The van der Waals surface area contributed by atoms with Crippen molar-refractivity contribution in [3.05, 3.63) is 29.3 Å². The van der Waals surface area contributed by atoms with Crippen molar-refractivity contribution in [3.8, 4) is 5.75 Å². The molecular formula is C14H21NOS. The van der Waals surface area contributed by atoms with E-state index in [1.807, 2.05) is 17.8 Å². The lowest BCUT2D eigenvalue weighted by Crippen LogP contribution is -2.33. The van der Waals surface area contributed by atoms with E-state index in [2.05, 4.69) is 24.6 Å². The summed E-state index contributed by atoms with van der Waals surface area (Å²) in [5.41, 5.74) is 2.21. The van der Waals surface area contributed by atoms with Crippen LogP contribution in [0.2, 0.25) is 0 Å². The smallest absolute Gasteiger partial charge is 0.120 e. The van der Waals surface area contributed by atoms with Gasteiger partial charge in [-0.15, -0.1) is 0 Å². The van der Waals surface area contributed by atoms with E-state index < -0.39 is 0 Å². The Morgan fingerprint density at radius 1 is 1.41 bits per heavy atom. The molecule has 2 atom stereocenters. The molecule has 2 nitrogen and oxygen atoms in total. The second kappa shape index (κ2) is 5.78. The molecule has 0 spiro atoms. The van der Waals surface area contributed by atoms with Gasteiger partial charge in [-0.25, -0.2) is 0 Å². The average Bonchev–Trinajstić information content (AvgIpc) is 2.77. The molecule has 17 heavy (non-hydrogen) atoms. The summed E-state index contributed by atoms with van der Waals surface area (Å²) in [4.78, 5) is 0. The van der Waals surface area contributed by atoms with Gasteiger partial charge in [0.1, 0.15) is 5.75 Å². The van der Waals surface area contributed by atoms with Gasteiger partial charge in [-0.1, -0.05) is 24.1 Å². The summed E-state index contributed by atoms with van der Waals surface area (Å²) in [6.45, 7) is 2.83. The topological polar surface area (TPSA) is 32.3 Å². The molecular weight excluding hydrogens is 230 g/mol.